The molecule has 19 heavy (non-hydrogen) atoms. The van der Waals surface area contributed by atoms with Gasteiger partial charge < -0.3 is 10.6 Å². The van der Waals surface area contributed by atoms with E-state index >= 15 is 0 Å². The first-order valence-corrected chi connectivity index (χ1v) is 6.58. The van der Waals surface area contributed by atoms with Crippen LogP contribution in [-0.2, 0) is 19.5 Å². The lowest BCUT2D eigenvalue weighted by molar-refractivity contribution is 0.623. The number of benzene rings is 2. The molecule has 0 saturated heterocycles. The van der Waals surface area contributed by atoms with Crippen LogP contribution in [0.15, 0.2) is 42.5 Å². The maximum atomic E-state index is 13.4. The van der Waals surface area contributed by atoms with Crippen LogP contribution in [0.25, 0.3) is 0 Å². The summed E-state index contributed by atoms with van der Waals surface area (Å²) < 4.78 is 13.4. The molecule has 0 fully saturated rings. The molecule has 3 heteroatoms. The molecule has 0 aliphatic carbocycles. The lowest BCUT2D eigenvalue weighted by Gasteiger charge is -2.21. The number of hydrogen-bond donors (Lipinski definition) is 1. The van der Waals surface area contributed by atoms with Gasteiger partial charge in [0.25, 0.3) is 0 Å². The van der Waals surface area contributed by atoms with Gasteiger partial charge in [-0.2, -0.15) is 0 Å². The molecule has 2 nitrogen and oxygen atoms in total. The topological polar surface area (TPSA) is 29.3 Å². The normalized spacial score (nSPS) is 13.7. The van der Waals surface area contributed by atoms with Crippen LogP contribution in [-0.4, -0.2) is 6.54 Å². The van der Waals surface area contributed by atoms with Crippen molar-refractivity contribution < 1.29 is 4.39 Å². The Kier molecular flexibility index (Phi) is 3.22. The third-order valence-electron chi connectivity index (χ3n) is 3.73. The van der Waals surface area contributed by atoms with Gasteiger partial charge in [-0.25, -0.2) is 4.39 Å². The van der Waals surface area contributed by atoms with Gasteiger partial charge >= 0.3 is 0 Å². The minimum atomic E-state index is -0.195. The van der Waals surface area contributed by atoms with Crippen LogP contribution in [0.1, 0.15) is 16.7 Å². The van der Waals surface area contributed by atoms with Crippen LogP contribution < -0.4 is 10.6 Å². The van der Waals surface area contributed by atoms with Crippen LogP contribution in [0.4, 0.5) is 10.1 Å². The van der Waals surface area contributed by atoms with Crippen molar-refractivity contribution in [2.75, 3.05) is 11.4 Å². The number of rotatable bonds is 3. The molecule has 0 spiro atoms. The summed E-state index contributed by atoms with van der Waals surface area (Å²) in [6, 6.07) is 13.3. The molecule has 1 aliphatic heterocycles. The van der Waals surface area contributed by atoms with Gasteiger partial charge in [-0.05, 0) is 41.3 Å². The molecule has 0 atom stereocenters. The summed E-state index contributed by atoms with van der Waals surface area (Å²) in [5.41, 5.74) is 10.4. The Bertz CT molecular complexity index is 595. The zero-order valence-corrected chi connectivity index (χ0v) is 10.8. The Balaban J connectivity index is 1.89. The van der Waals surface area contributed by atoms with Crippen molar-refractivity contribution in [3.05, 3.63) is 65.0 Å². The summed E-state index contributed by atoms with van der Waals surface area (Å²) in [7, 11) is 0. The third kappa shape index (κ3) is 2.34. The summed E-state index contributed by atoms with van der Waals surface area (Å²) >= 11 is 0. The number of nitrogens with zero attached hydrogens (tertiary/aromatic N) is 1. The van der Waals surface area contributed by atoms with Crippen molar-refractivity contribution in [2.45, 2.75) is 19.5 Å². The molecular formula is C16H17FN2. The summed E-state index contributed by atoms with van der Waals surface area (Å²) in [5, 5.41) is 0. The molecule has 0 unspecified atom stereocenters. The van der Waals surface area contributed by atoms with E-state index in [-0.39, 0.29) is 5.82 Å². The summed E-state index contributed by atoms with van der Waals surface area (Å²) in [4.78, 5) is 2.29. The van der Waals surface area contributed by atoms with E-state index in [0.717, 1.165) is 30.6 Å². The van der Waals surface area contributed by atoms with Crippen LogP contribution in [0.5, 0.6) is 0 Å². The molecule has 2 aromatic rings. The van der Waals surface area contributed by atoms with Crippen LogP contribution in [0.3, 0.4) is 0 Å². The van der Waals surface area contributed by atoms with E-state index in [4.69, 9.17) is 5.73 Å². The van der Waals surface area contributed by atoms with Crippen molar-refractivity contribution in [2.24, 2.45) is 5.73 Å². The number of halogens is 1. The average molecular weight is 256 g/mol. The predicted molar refractivity (Wildman–Crippen MR) is 75.5 cm³/mol. The van der Waals surface area contributed by atoms with Gasteiger partial charge in [0, 0.05) is 25.3 Å². The second-order valence-electron chi connectivity index (χ2n) is 4.92. The van der Waals surface area contributed by atoms with E-state index in [1.165, 1.54) is 17.3 Å². The standard InChI is InChI=1S/C16H17FN2/c17-15-6-5-13(10-18)14(9-15)11-19-8-7-12-3-1-2-4-16(12)19/h1-6,9H,7-8,10-11,18H2. The summed E-state index contributed by atoms with van der Waals surface area (Å²) in [6.45, 7) is 2.16. The molecular weight excluding hydrogens is 239 g/mol. The monoisotopic (exact) mass is 256 g/mol. The first kappa shape index (κ1) is 12.2. The number of fused-ring (bicyclic) bond motifs is 1. The van der Waals surface area contributed by atoms with Gasteiger partial charge in [-0.3, -0.25) is 0 Å². The first-order valence-electron chi connectivity index (χ1n) is 6.58. The molecule has 98 valence electrons. The molecule has 0 saturated carbocycles. The van der Waals surface area contributed by atoms with Gasteiger partial charge in [0.05, 0.1) is 0 Å². The van der Waals surface area contributed by atoms with Crippen molar-refractivity contribution in [3.8, 4) is 0 Å². The van der Waals surface area contributed by atoms with Crippen LogP contribution in [0, 0.1) is 5.82 Å². The van der Waals surface area contributed by atoms with E-state index < -0.39 is 0 Å². The summed E-state index contributed by atoms with van der Waals surface area (Å²) in [6.07, 6.45) is 1.06. The molecule has 0 bridgehead atoms. The van der Waals surface area contributed by atoms with Gasteiger partial charge in [0.15, 0.2) is 0 Å². The fourth-order valence-electron chi connectivity index (χ4n) is 2.72. The van der Waals surface area contributed by atoms with Crippen molar-refractivity contribution in [1.82, 2.24) is 0 Å². The molecule has 2 N–H and O–H groups in total. The van der Waals surface area contributed by atoms with Gasteiger partial charge in [-0.1, -0.05) is 24.3 Å². The van der Waals surface area contributed by atoms with Gasteiger partial charge in [0.1, 0.15) is 5.82 Å². The van der Waals surface area contributed by atoms with E-state index in [2.05, 4.69) is 23.1 Å². The van der Waals surface area contributed by atoms with Crippen molar-refractivity contribution >= 4 is 5.69 Å². The highest BCUT2D eigenvalue weighted by Gasteiger charge is 2.19. The molecule has 1 heterocycles. The first-order chi connectivity index (χ1) is 9.28. The number of nitrogens with two attached hydrogens (primary N) is 1. The van der Waals surface area contributed by atoms with Gasteiger partial charge in [-0.15, -0.1) is 0 Å². The van der Waals surface area contributed by atoms with E-state index in [0.29, 0.717) is 6.54 Å². The fourth-order valence-corrected chi connectivity index (χ4v) is 2.72. The van der Waals surface area contributed by atoms with E-state index in [9.17, 15) is 4.39 Å². The van der Waals surface area contributed by atoms with E-state index in [1.807, 2.05) is 6.07 Å². The van der Waals surface area contributed by atoms with Gasteiger partial charge in [0.2, 0.25) is 0 Å². The number of anilines is 1. The Hall–Kier alpha value is -1.87. The Morgan fingerprint density at radius 3 is 2.79 bits per heavy atom. The van der Waals surface area contributed by atoms with Crippen LogP contribution >= 0.6 is 0 Å². The third-order valence-corrected chi connectivity index (χ3v) is 3.73. The fraction of sp³-hybridized carbons (Fsp3) is 0.250. The Labute approximate surface area is 112 Å². The predicted octanol–water partition coefficient (Wildman–Crippen LogP) is 2.85. The minimum Gasteiger partial charge on any atom is -0.367 e. The zero-order chi connectivity index (χ0) is 13.2. The lowest BCUT2D eigenvalue weighted by atomic mass is 10.1. The Morgan fingerprint density at radius 1 is 1.11 bits per heavy atom. The number of para-hydroxylation sites is 1. The molecule has 0 radical (unpaired) electrons. The minimum absolute atomic E-state index is 0.195. The molecule has 0 aromatic heterocycles. The average Bonchev–Trinajstić information content (AvgIpc) is 2.83. The highest BCUT2D eigenvalue weighted by Crippen LogP contribution is 2.29. The second-order valence-corrected chi connectivity index (χ2v) is 4.92. The quantitative estimate of drug-likeness (QED) is 0.915. The SMILES string of the molecule is NCc1ccc(F)cc1CN1CCc2ccccc21. The molecule has 2 aromatic carbocycles. The van der Waals surface area contributed by atoms with Crippen LogP contribution in [0.2, 0.25) is 0 Å². The second kappa shape index (κ2) is 5.02. The maximum absolute atomic E-state index is 13.4. The molecule has 3 rings (SSSR count). The highest BCUT2D eigenvalue weighted by molar-refractivity contribution is 5.58. The summed E-state index contributed by atoms with van der Waals surface area (Å²) in [5.74, 6) is -0.195. The van der Waals surface area contributed by atoms with Crippen molar-refractivity contribution in [3.63, 3.8) is 0 Å². The highest BCUT2D eigenvalue weighted by atomic mass is 19.1. The zero-order valence-electron chi connectivity index (χ0n) is 10.8. The van der Waals surface area contributed by atoms with E-state index in [1.54, 1.807) is 12.1 Å². The molecule has 0 amide bonds. The molecule has 1 aliphatic rings. The largest absolute Gasteiger partial charge is 0.367 e. The lowest BCUT2D eigenvalue weighted by Crippen LogP contribution is -2.21. The maximum Gasteiger partial charge on any atom is 0.123 e. The smallest absolute Gasteiger partial charge is 0.123 e. The Morgan fingerprint density at radius 2 is 1.95 bits per heavy atom. The van der Waals surface area contributed by atoms with Crippen molar-refractivity contribution in [1.29, 1.82) is 0 Å². The number of hydrogen-bond acceptors (Lipinski definition) is 2.